The van der Waals surface area contributed by atoms with Crippen LogP contribution >= 0.6 is 15.9 Å². The molecule has 2 bridgehead atoms. The summed E-state index contributed by atoms with van der Waals surface area (Å²) in [5, 5.41) is 0. The Balaban J connectivity index is 1.50. The van der Waals surface area contributed by atoms with Gasteiger partial charge in [0.1, 0.15) is 0 Å². The first-order valence-electron chi connectivity index (χ1n) is 12.4. The van der Waals surface area contributed by atoms with Gasteiger partial charge in [0.2, 0.25) is 11.8 Å². The highest BCUT2D eigenvalue weighted by Gasteiger charge is 2.67. The summed E-state index contributed by atoms with van der Waals surface area (Å²) in [6.07, 6.45) is 1.95. The van der Waals surface area contributed by atoms with Crippen LogP contribution in [0.15, 0.2) is 107 Å². The first-order valence-corrected chi connectivity index (χ1v) is 13.2. The van der Waals surface area contributed by atoms with Crippen molar-refractivity contribution < 1.29 is 9.59 Å². The van der Waals surface area contributed by atoms with Crippen LogP contribution in [0.1, 0.15) is 33.7 Å². The van der Waals surface area contributed by atoms with Crippen LogP contribution in [-0.2, 0) is 15.0 Å². The van der Waals surface area contributed by atoms with Gasteiger partial charge >= 0.3 is 0 Å². The lowest BCUT2D eigenvalue weighted by molar-refractivity contribution is -0.122. The molecule has 8 rings (SSSR count). The smallest absolute Gasteiger partial charge is 0.239 e. The van der Waals surface area contributed by atoms with E-state index in [9.17, 15) is 9.59 Å². The van der Waals surface area contributed by atoms with Crippen molar-refractivity contribution in [3.8, 4) is 0 Å². The summed E-state index contributed by atoms with van der Waals surface area (Å²) in [6.45, 7) is 2.04. The van der Waals surface area contributed by atoms with Crippen molar-refractivity contribution in [3.05, 3.63) is 129 Å². The molecule has 0 spiro atoms. The van der Waals surface area contributed by atoms with Gasteiger partial charge in [-0.25, -0.2) is 4.90 Å². The quantitative estimate of drug-likeness (QED) is 0.212. The lowest BCUT2D eigenvalue weighted by atomic mass is 9.47. The molecule has 0 N–H and O–H groups in total. The van der Waals surface area contributed by atoms with Gasteiger partial charge in [0.15, 0.2) is 0 Å². The van der Waals surface area contributed by atoms with Crippen molar-refractivity contribution in [1.29, 1.82) is 0 Å². The normalized spacial score (nSPS) is 25.4. The summed E-state index contributed by atoms with van der Waals surface area (Å²) < 4.78 is 0.898. The molecule has 4 aromatic rings. The van der Waals surface area contributed by atoms with Gasteiger partial charge in [-0.15, -0.1) is 0 Å². The molecule has 4 aromatic carbocycles. The summed E-state index contributed by atoms with van der Waals surface area (Å²) >= 11 is 3.46. The van der Waals surface area contributed by atoms with Crippen LogP contribution in [0.25, 0.3) is 0 Å². The van der Waals surface area contributed by atoms with Gasteiger partial charge in [-0.2, -0.15) is 0 Å². The third kappa shape index (κ3) is 3.04. The average Bonchev–Trinajstić information content (AvgIpc) is 3.19. The first-order chi connectivity index (χ1) is 18.0. The zero-order valence-corrected chi connectivity index (χ0v) is 21.7. The minimum atomic E-state index is -0.854. The van der Waals surface area contributed by atoms with E-state index in [1.54, 1.807) is 0 Å². The Morgan fingerprint density at radius 3 is 2.11 bits per heavy atom. The predicted molar refractivity (Wildman–Crippen MR) is 148 cm³/mol. The Hall–Kier alpha value is -3.83. The molecule has 37 heavy (non-hydrogen) atoms. The van der Waals surface area contributed by atoms with Gasteiger partial charge in [-0.05, 0) is 71.1 Å². The molecule has 1 heterocycles. The van der Waals surface area contributed by atoms with Gasteiger partial charge in [-0.3, -0.25) is 14.6 Å². The number of hydrogen-bond acceptors (Lipinski definition) is 3. The number of carbonyl (C=O) groups is 2. The Morgan fingerprint density at radius 2 is 1.46 bits per heavy atom. The van der Waals surface area contributed by atoms with E-state index in [2.05, 4.69) is 40.2 Å². The molecule has 5 heteroatoms. The van der Waals surface area contributed by atoms with Gasteiger partial charge in [0.05, 0.1) is 28.6 Å². The van der Waals surface area contributed by atoms with Crippen LogP contribution in [0.4, 0.5) is 11.4 Å². The zero-order chi connectivity index (χ0) is 25.3. The van der Waals surface area contributed by atoms with Crippen molar-refractivity contribution in [2.75, 3.05) is 4.90 Å². The maximum atomic E-state index is 14.3. The van der Waals surface area contributed by atoms with E-state index in [1.807, 2.05) is 85.9 Å². The number of aryl methyl sites for hydroxylation is 1. The third-order valence-corrected chi connectivity index (χ3v) is 8.72. The van der Waals surface area contributed by atoms with E-state index >= 15 is 0 Å². The van der Waals surface area contributed by atoms with Gasteiger partial charge < -0.3 is 0 Å². The summed E-state index contributed by atoms with van der Waals surface area (Å²) in [4.78, 5) is 34.9. The second-order valence-corrected chi connectivity index (χ2v) is 11.0. The van der Waals surface area contributed by atoms with Gasteiger partial charge in [-0.1, -0.05) is 76.6 Å². The zero-order valence-electron chi connectivity index (χ0n) is 20.1. The third-order valence-electron chi connectivity index (χ3n) is 8.19. The molecule has 0 saturated carbocycles. The van der Waals surface area contributed by atoms with Crippen LogP contribution in [0.2, 0.25) is 0 Å². The van der Waals surface area contributed by atoms with Crippen molar-refractivity contribution in [2.24, 2.45) is 16.8 Å². The monoisotopic (exact) mass is 546 g/mol. The highest BCUT2D eigenvalue weighted by molar-refractivity contribution is 9.10. The lowest BCUT2D eigenvalue weighted by Crippen LogP contribution is -2.54. The fourth-order valence-corrected chi connectivity index (χ4v) is 7.04. The average molecular weight is 547 g/mol. The largest absolute Gasteiger partial charge is 0.274 e. The summed E-state index contributed by atoms with van der Waals surface area (Å²) in [7, 11) is 0. The van der Waals surface area contributed by atoms with E-state index in [4.69, 9.17) is 4.99 Å². The van der Waals surface area contributed by atoms with Crippen molar-refractivity contribution in [1.82, 2.24) is 0 Å². The fourth-order valence-electron chi connectivity index (χ4n) is 6.78. The number of rotatable bonds is 3. The highest BCUT2D eigenvalue weighted by Crippen LogP contribution is 2.63. The Bertz CT molecular complexity index is 1580. The molecule has 1 saturated heterocycles. The summed E-state index contributed by atoms with van der Waals surface area (Å²) in [5.41, 5.74) is 6.04. The SMILES string of the molecule is Cc1cccc(N=CC23c4ccccc4C(c4ccccc42)[C@H]2C(=O)N(c4ccc(Br)cc4)C(=O)[C@@H]23)c1. The molecule has 1 fully saturated rings. The van der Waals surface area contributed by atoms with E-state index in [0.717, 1.165) is 38.0 Å². The predicted octanol–water partition coefficient (Wildman–Crippen LogP) is 6.71. The molecule has 3 aliphatic carbocycles. The van der Waals surface area contributed by atoms with Crippen LogP contribution in [0.3, 0.4) is 0 Å². The van der Waals surface area contributed by atoms with E-state index in [0.29, 0.717) is 5.69 Å². The Labute approximate surface area is 223 Å². The highest BCUT2D eigenvalue weighted by atomic mass is 79.9. The van der Waals surface area contributed by atoms with E-state index < -0.39 is 17.3 Å². The number of nitrogens with zero attached hydrogens (tertiary/aromatic N) is 2. The van der Waals surface area contributed by atoms with Crippen molar-refractivity contribution in [3.63, 3.8) is 0 Å². The summed E-state index contributed by atoms with van der Waals surface area (Å²) in [6, 6.07) is 32.0. The van der Waals surface area contributed by atoms with E-state index in [1.165, 1.54) is 4.90 Å². The van der Waals surface area contributed by atoms with Crippen LogP contribution in [0.5, 0.6) is 0 Å². The molecule has 1 aliphatic heterocycles. The number of halogens is 1. The molecule has 2 atom stereocenters. The molecule has 4 aliphatic rings. The first kappa shape index (κ1) is 22.4. The topological polar surface area (TPSA) is 49.7 Å². The second-order valence-electron chi connectivity index (χ2n) is 10.1. The maximum Gasteiger partial charge on any atom is 0.239 e. The van der Waals surface area contributed by atoms with Crippen LogP contribution in [0, 0.1) is 18.8 Å². The minimum Gasteiger partial charge on any atom is -0.274 e. The Kier molecular flexibility index (Phi) is 4.89. The number of carbonyl (C=O) groups excluding carboxylic acids is 2. The molecule has 0 aromatic heterocycles. The lowest BCUT2D eigenvalue weighted by Gasteiger charge is -2.52. The Morgan fingerprint density at radius 1 is 0.811 bits per heavy atom. The molecule has 2 amide bonds. The standard InChI is InChI=1S/C32H23BrN2O2/c1-19-7-6-8-21(17-19)34-18-32-25-11-4-2-9-23(25)27(24-10-3-5-12-26(24)32)28-29(32)31(37)35(30(28)36)22-15-13-20(33)14-16-22/h2-18,27-29H,1H3/t27?,28-,29-,32?/m1/s1. The van der Waals surface area contributed by atoms with Gasteiger partial charge in [0.25, 0.3) is 0 Å². The van der Waals surface area contributed by atoms with E-state index in [-0.39, 0.29) is 17.7 Å². The van der Waals surface area contributed by atoms with Gasteiger partial charge in [0, 0.05) is 16.6 Å². The van der Waals surface area contributed by atoms with Crippen LogP contribution < -0.4 is 4.90 Å². The van der Waals surface area contributed by atoms with Crippen LogP contribution in [-0.4, -0.2) is 18.0 Å². The molecular formula is C32H23BrN2O2. The number of imide groups is 1. The number of hydrogen-bond donors (Lipinski definition) is 0. The molecule has 180 valence electrons. The molecule has 4 nitrogen and oxygen atoms in total. The number of aliphatic imine (C=N–C) groups is 1. The number of anilines is 1. The summed E-state index contributed by atoms with van der Waals surface area (Å²) in [5.74, 6) is -1.55. The molecule has 0 radical (unpaired) electrons. The number of benzene rings is 4. The number of amides is 2. The minimum absolute atomic E-state index is 0.139. The fraction of sp³-hybridized carbons (Fsp3) is 0.156. The maximum absolute atomic E-state index is 14.3. The molecule has 0 unspecified atom stereocenters. The van der Waals surface area contributed by atoms with Crippen molar-refractivity contribution in [2.45, 2.75) is 18.3 Å². The second kappa shape index (κ2) is 8.09. The molecular weight excluding hydrogens is 524 g/mol. The van der Waals surface area contributed by atoms with Crippen molar-refractivity contribution >= 4 is 45.3 Å².